The van der Waals surface area contributed by atoms with Crippen molar-refractivity contribution in [2.45, 2.75) is 40.1 Å². The van der Waals surface area contributed by atoms with Crippen LogP contribution in [0.15, 0.2) is 24.0 Å². The molecule has 21 heavy (non-hydrogen) atoms. The maximum absolute atomic E-state index is 10.6. The van der Waals surface area contributed by atoms with Gasteiger partial charge in [0.25, 0.3) is 0 Å². The van der Waals surface area contributed by atoms with Crippen LogP contribution < -0.4 is 0 Å². The second-order valence-electron chi connectivity index (χ2n) is 4.39. The van der Waals surface area contributed by atoms with Crippen LogP contribution in [0.4, 0.5) is 0 Å². The Labute approximate surface area is 126 Å². The fourth-order valence-corrected chi connectivity index (χ4v) is 1.56. The highest BCUT2D eigenvalue weighted by Gasteiger charge is 2.34. The molecule has 0 saturated carbocycles. The predicted octanol–water partition coefficient (Wildman–Crippen LogP) is 2.70. The standard InChI is InChI=1S/C15H26O6/c1-6-19-15(20-7-2,21-12(3)4)11-18-10-8-9-13(5)14(16)17/h9H,3,6-8,10-11H2,1-2,4-5H3,(H,16,17). The number of ether oxygens (including phenoxy) is 4. The number of aliphatic carboxylic acids is 1. The van der Waals surface area contributed by atoms with E-state index in [2.05, 4.69) is 6.58 Å². The van der Waals surface area contributed by atoms with Gasteiger partial charge in [-0.2, -0.15) is 0 Å². The molecule has 0 radical (unpaired) electrons. The average molecular weight is 302 g/mol. The Balaban J connectivity index is 4.43. The van der Waals surface area contributed by atoms with Crippen LogP contribution in [0.2, 0.25) is 0 Å². The summed E-state index contributed by atoms with van der Waals surface area (Å²) in [7, 11) is 0. The van der Waals surface area contributed by atoms with Gasteiger partial charge in [0, 0.05) is 5.57 Å². The van der Waals surface area contributed by atoms with E-state index in [0.717, 1.165) is 0 Å². The highest BCUT2D eigenvalue weighted by atomic mass is 16.9. The van der Waals surface area contributed by atoms with Crippen molar-refractivity contribution in [1.82, 2.24) is 0 Å². The molecule has 0 aromatic heterocycles. The van der Waals surface area contributed by atoms with Crippen molar-refractivity contribution in [1.29, 1.82) is 0 Å². The Morgan fingerprint density at radius 1 is 1.24 bits per heavy atom. The van der Waals surface area contributed by atoms with E-state index in [1.165, 1.54) is 6.92 Å². The van der Waals surface area contributed by atoms with Crippen molar-refractivity contribution < 1.29 is 28.8 Å². The van der Waals surface area contributed by atoms with Crippen LogP contribution >= 0.6 is 0 Å². The van der Waals surface area contributed by atoms with Gasteiger partial charge in [-0.25, -0.2) is 4.79 Å². The van der Waals surface area contributed by atoms with Crippen LogP contribution in [0.1, 0.15) is 34.1 Å². The van der Waals surface area contributed by atoms with Gasteiger partial charge in [0.2, 0.25) is 0 Å². The van der Waals surface area contributed by atoms with E-state index in [9.17, 15) is 4.79 Å². The molecule has 1 N–H and O–H groups in total. The minimum absolute atomic E-state index is 0.0709. The summed E-state index contributed by atoms with van der Waals surface area (Å²) in [5.74, 6) is -1.78. The quantitative estimate of drug-likeness (QED) is 0.258. The minimum atomic E-state index is -1.30. The first-order valence-electron chi connectivity index (χ1n) is 6.97. The van der Waals surface area contributed by atoms with Crippen molar-refractivity contribution >= 4 is 5.97 Å². The summed E-state index contributed by atoms with van der Waals surface area (Å²) in [6, 6.07) is 0. The number of carboxylic acids is 1. The first-order valence-corrected chi connectivity index (χ1v) is 6.97. The molecule has 0 atom stereocenters. The van der Waals surface area contributed by atoms with Crippen molar-refractivity contribution in [2.24, 2.45) is 0 Å². The molecule has 0 aliphatic rings. The van der Waals surface area contributed by atoms with Gasteiger partial charge in [-0.3, -0.25) is 0 Å². The van der Waals surface area contributed by atoms with E-state index >= 15 is 0 Å². The number of hydrogen-bond donors (Lipinski definition) is 1. The predicted molar refractivity (Wildman–Crippen MR) is 78.7 cm³/mol. The molecule has 0 aromatic carbocycles. The Morgan fingerprint density at radius 2 is 1.81 bits per heavy atom. The molecule has 122 valence electrons. The topological polar surface area (TPSA) is 74.2 Å². The number of allylic oxidation sites excluding steroid dienone is 1. The zero-order chi connectivity index (χ0) is 16.3. The Kier molecular flexibility index (Phi) is 9.69. The Hall–Kier alpha value is -1.37. The lowest BCUT2D eigenvalue weighted by atomic mass is 10.2. The molecule has 0 rings (SSSR count). The molecule has 6 nitrogen and oxygen atoms in total. The molecule has 0 spiro atoms. The molecule has 0 aromatic rings. The summed E-state index contributed by atoms with van der Waals surface area (Å²) in [6.45, 7) is 11.8. The summed E-state index contributed by atoms with van der Waals surface area (Å²) in [4.78, 5) is 10.6. The van der Waals surface area contributed by atoms with Gasteiger partial charge in [0.05, 0.1) is 25.6 Å². The first-order chi connectivity index (χ1) is 9.87. The van der Waals surface area contributed by atoms with Crippen LogP contribution in [0.5, 0.6) is 0 Å². The van der Waals surface area contributed by atoms with Crippen molar-refractivity contribution in [3.63, 3.8) is 0 Å². The molecule has 0 aliphatic carbocycles. The summed E-state index contributed by atoms with van der Waals surface area (Å²) in [5.41, 5.74) is 0.290. The lowest BCUT2D eigenvalue weighted by Crippen LogP contribution is -2.43. The van der Waals surface area contributed by atoms with Gasteiger partial charge in [0.15, 0.2) is 0 Å². The van der Waals surface area contributed by atoms with Crippen LogP contribution in [0.25, 0.3) is 0 Å². The van der Waals surface area contributed by atoms with Gasteiger partial charge in [-0.1, -0.05) is 12.7 Å². The van der Waals surface area contributed by atoms with Crippen molar-refractivity contribution in [3.05, 3.63) is 24.0 Å². The van der Waals surface area contributed by atoms with Crippen molar-refractivity contribution in [3.8, 4) is 0 Å². The third-order valence-corrected chi connectivity index (χ3v) is 2.39. The monoisotopic (exact) mass is 302 g/mol. The van der Waals surface area contributed by atoms with Crippen LogP contribution in [-0.4, -0.2) is 43.5 Å². The molecular weight excluding hydrogens is 276 g/mol. The maximum Gasteiger partial charge on any atom is 0.351 e. The molecule has 0 fully saturated rings. The number of carboxylic acid groups (broad SMARTS) is 1. The molecule has 6 heteroatoms. The van der Waals surface area contributed by atoms with Crippen LogP contribution in [0, 0.1) is 0 Å². The normalized spacial score (nSPS) is 12.3. The van der Waals surface area contributed by atoms with Gasteiger partial charge in [-0.15, -0.1) is 0 Å². The maximum atomic E-state index is 10.6. The van der Waals surface area contributed by atoms with Crippen molar-refractivity contribution in [2.75, 3.05) is 26.4 Å². The summed E-state index contributed by atoms with van der Waals surface area (Å²) in [5, 5.41) is 8.73. The van der Waals surface area contributed by atoms with Crippen LogP contribution in [0.3, 0.4) is 0 Å². The van der Waals surface area contributed by atoms with Crippen LogP contribution in [-0.2, 0) is 23.7 Å². The Morgan fingerprint density at radius 3 is 2.24 bits per heavy atom. The molecule has 0 bridgehead atoms. The smallest absolute Gasteiger partial charge is 0.351 e. The first kappa shape index (κ1) is 19.6. The number of hydrogen-bond acceptors (Lipinski definition) is 5. The van der Waals surface area contributed by atoms with E-state index in [1.54, 1.807) is 13.0 Å². The zero-order valence-corrected chi connectivity index (χ0v) is 13.3. The summed E-state index contributed by atoms with van der Waals surface area (Å²) >= 11 is 0. The average Bonchev–Trinajstić information content (AvgIpc) is 2.37. The summed E-state index contributed by atoms with van der Waals surface area (Å²) < 4.78 is 22.0. The minimum Gasteiger partial charge on any atom is -0.478 e. The fraction of sp³-hybridized carbons (Fsp3) is 0.667. The fourth-order valence-electron chi connectivity index (χ4n) is 1.56. The number of carbonyl (C=O) groups is 1. The second-order valence-corrected chi connectivity index (χ2v) is 4.39. The molecule has 0 unspecified atom stereocenters. The van der Waals surface area contributed by atoms with E-state index < -0.39 is 11.9 Å². The Bertz CT molecular complexity index is 355. The molecular formula is C15H26O6. The molecule has 0 amide bonds. The van der Waals surface area contributed by atoms with E-state index in [0.29, 0.717) is 32.0 Å². The lowest BCUT2D eigenvalue weighted by molar-refractivity contribution is -0.378. The molecule has 0 aliphatic heterocycles. The highest BCUT2D eigenvalue weighted by molar-refractivity contribution is 5.85. The largest absolute Gasteiger partial charge is 0.478 e. The number of rotatable bonds is 12. The van der Waals surface area contributed by atoms with Gasteiger partial charge in [0.1, 0.15) is 6.61 Å². The second kappa shape index (κ2) is 10.4. The highest BCUT2D eigenvalue weighted by Crippen LogP contribution is 2.20. The van der Waals surface area contributed by atoms with E-state index in [4.69, 9.17) is 24.1 Å². The third-order valence-electron chi connectivity index (χ3n) is 2.39. The van der Waals surface area contributed by atoms with Gasteiger partial charge < -0.3 is 24.1 Å². The van der Waals surface area contributed by atoms with E-state index in [1.807, 2.05) is 13.8 Å². The third kappa shape index (κ3) is 8.49. The van der Waals surface area contributed by atoms with Gasteiger partial charge >= 0.3 is 11.9 Å². The SMILES string of the molecule is C=C(C)OC(COCCC=C(C)C(=O)O)(OCC)OCC. The molecule has 0 saturated heterocycles. The lowest BCUT2D eigenvalue weighted by Gasteiger charge is -2.32. The zero-order valence-electron chi connectivity index (χ0n) is 13.3. The molecule has 0 heterocycles. The summed E-state index contributed by atoms with van der Waals surface area (Å²) in [6.07, 6.45) is 2.09. The van der Waals surface area contributed by atoms with E-state index in [-0.39, 0.29) is 12.2 Å². The van der Waals surface area contributed by atoms with Gasteiger partial charge in [-0.05, 0) is 34.1 Å².